The molecule has 0 fully saturated rings. The highest BCUT2D eigenvalue weighted by atomic mass is 16.5. The molecule has 0 aromatic heterocycles. The van der Waals surface area contributed by atoms with Gasteiger partial charge in [0.25, 0.3) is 5.91 Å². The van der Waals surface area contributed by atoms with Gasteiger partial charge in [-0.05, 0) is 72.6 Å². The Morgan fingerprint density at radius 3 is 2.45 bits per heavy atom. The standard InChI is InChI=1S/C26H27NO2/c1-19-9-5-8-14-24(19)26(21-11-3-2-4-12-21)27-25(28)18-29-23-16-15-20-10-6-7-13-22(20)17-23/h2-5,8-9,11-12,14-17,26H,6-7,10,13,18H2,1H3,(H,27,28)/t26-/m1/s1. The molecule has 3 heteroatoms. The molecular weight excluding hydrogens is 358 g/mol. The van der Waals surface area contributed by atoms with Crippen molar-refractivity contribution >= 4 is 5.91 Å². The lowest BCUT2D eigenvalue weighted by atomic mass is 9.92. The lowest BCUT2D eigenvalue weighted by molar-refractivity contribution is -0.123. The highest BCUT2D eigenvalue weighted by Crippen LogP contribution is 2.26. The number of amides is 1. The number of rotatable bonds is 6. The number of ether oxygens (including phenoxy) is 1. The fraction of sp³-hybridized carbons (Fsp3) is 0.269. The van der Waals surface area contributed by atoms with E-state index in [9.17, 15) is 4.79 Å². The molecule has 0 aliphatic heterocycles. The number of nitrogens with one attached hydrogen (secondary N) is 1. The third-order valence-electron chi connectivity index (χ3n) is 5.63. The van der Waals surface area contributed by atoms with Crippen LogP contribution < -0.4 is 10.1 Å². The molecule has 0 heterocycles. The average Bonchev–Trinajstić information content (AvgIpc) is 2.77. The van der Waals surface area contributed by atoms with Gasteiger partial charge in [-0.2, -0.15) is 0 Å². The molecule has 1 N–H and O–H groups in total. The second-order valence-electron chi connectivity index (χ2n) is 7.69. The normalized spacial score (nSPS) is 14.0. The van der Waals surface area contributed by atoms with Gasteiger partial charge >= 0.3 is 0 Å². The maximum Gasteiger partial charge on any atom is 0.258 e. The van der Waals surface area contributed by atoms with Crippen LogP contribution in [0.5, 0.6) is 5.75 Å². The Labute approximate surface area is 172 Å². The molecule has 1 aliphatic carbocycles. The van der Waals surface area contributed by atoms with Crippen LogP contribution in [0.4, 0.5) is 0 Å². The van der Waals surface area contributed by atoms with E-state index < -0.39 is 0 Å². The van der Waals surface area contributed by atoms with Crippen molar-refractivity contribution in [1.82, 2.24) is 5.32 Å². The van der Waals surface area contributed by atoms with Gasteiger partial charge in [-0.1, -0.05) is 60.7 Å². The lowest BCUT2D eigenvalue weighted by Crippen LogP contribution is -2.33. The first-order chi connectivity index (χ1) is 14.2. The van der Waals surface area contributed by atoms with Gasteiger partial charge in [-0.15, -0.1) is 0 Å². The van der Waals surface area contributed by atoms with Crippen molar-refractivity contribution in [2.75, 3.05) is 6.61 Å². The highest BCUT2D eigenvalue weighted by Gasteiger charge is 2.19. The second kappa shape index (κ2) is 8.95. The molecule has 0 spiro atoms. The summed E-state index contributed by atoms with van der Waals surface area (Å²) in [6.45, 7) is 2.08. The summed E-state index contributed by atoms with van der Waals surface area (Å²) in [4.78, 5) is 12.7. The first kappa shape index (κ1) is 19.3. The topological polar surface area (TPSA) is 38.3 Å². The predicted octanol–water partition coefficient (Wildman–Crippen LogP) is 5.16. The third-order valence-corrected chi connectivity index (χ3v) is 5.63. The number of carbonyl (C=O) groups is 1. The van der Waals surface area contributed by atoms with Crippen LogP contribution in [0.25, 0.3) is 0 Å². The predicted molar refractivity (Wildman–Crippen MR) is 116 cm³/mol. The molecule has 0 radical (unpaired) electrons. The number of fused-ring (bicyclic) bond motifs is 1. The van der Waals surface area contributed by atoms with E-state index in [4.69, 9.17) is 4.74 Å². The Morgan fingerprint density at radius 1 is 0.931 bits per heavy atom. The Balaban J connectivity index is 1.46. The van der Waals surface area contributed by atoms with Gasteiger partial charge in [0.05, 0.1) is 6.04 Å². The van der Waals surface area contributed by atoms with Crippen LogP contribution in [0, 0.1) is 6.92 Å². The molecule has 0 unspecified atom stereocenters. The van der Waals surface area contributed by atoms with E-state index in [1.165, 1.54) is 24.0 Å². The van der Waals surface area contributed by atoms with Gasteiger partial charge in [-0.25, -0.2) is 0 Å². The minimum Gasteiger partial charge on any atom is -0.484 e. The fourth-order valence-electron chi connectivity index (χ4n) is 4.05. The zero-order chi connectivity index (χ0) is 20.1. The Hall–Kier alpha value is -3.07. The van der Waals surface area contributed by atoms with Gasteiger partial charge in [0.2, 0.25) is 0 Å². The molecule has 0 saturated heterocycles. The van der Waals surface area contributed by atoms with E-state index in [1.54, 1.807) is 0 Å². The summed E-state index contributed by atoms with van der Waals surface area (Å²) < 4.78 is 5.82. The SMILES string of the molecule is Cc1ccccc1[C@H](NC(=O)COc1ccc2c(c1)CCCC2)c1ccccc1. The van der Waals surface area contributed by atoms with Gasteiger partial charge in [-0.3, -0.25) is 4.79 Å². The summed E-state index contributed by atoms with van der Waals surface area (Å²) in [5.74, 6) is 0.646. The zero-order valence-corrected chi connectivity index (χ0v) is 16.9. The average molecular weight is 386 g/mol. The molecule has 148 valence electrons. The van der Waals surface area contributed by atoms with Crippen LogP contribution in [-0.4, -0.2) is 12.5 Å². The molecule has 0 saturated carbocycles. The molecule has 3 aromatic rings. The smallest absolute Gasteiger partial charge is 0.258 e. The summed E-state index contributed by atoms with van der Waals surface area (Å²) in [6, 6.07) is 24.2. The van der Waals surface area contributed by atoms with E-state index in [0.717, 1.165) is 35.3 Å². The molecule has 29 heavy (non-hydrogen) atoms. The quantitative estimate of drug-likeness (QED) is 0.637. The summed E-state index contributed by atoms with van der Waals surface area (Å²) >= 11 is 0. The van der Waals surface area contributed by atoms with Crippen LogP contribution in [0.2, 0.25) is 0 Å². The maximum atomic E-state index is 12.7. The number of hydrogen-bond acceptors (Lipinski definition) is 2. The minimum absolute atomic E-state index is 0.00794. The fourth-order valence-corrected chi connectivity index (χ4v) is 4.05. The van der Waals surface area contributed by atoms with Crippen molar-refractivity contribution < 1.29 is 9.53 Å². The summed E-state index contributed by atoms with van der Waals surface area (Å²) in [6.07, 6.45) is 4.73. The van der Waals surface area contributed by atoms with Crippen molar-refractivity contribution in [2.24, 2.45) is 0 Å². The molecule has 1 aliphatic rings. The molecule has 3 aromatic carbocycles. The number of benzene rings is 3. The Kier molecular flexibility index (Phi) is 5.95. The number of hydrogen-bond donors (Lipinski definition) is 1. The van der Waals surface area contributed by atoms with Crippen LogP contribution in [0.1, 0.15) is 46.7 Å². The van der Waals surface area contributed by atoms with Gasteiger partial charge in [0, 0.05) is 0 Å². The van der Waals surface area contributed by atoms with Gasteiger partial charge in [0.15, 0.2) is 6.61 Å². The van der Waals surface area contributed by atoms with E-state index >= 15 is 0 Å². The lowest BCUT2D eigenvalue weighted by Gasteiger charge is -2.22. The molecule has 1 atom stereocenters. The van der Waals surface area contributed by atoms with Gasteiger partial charge in [0.1, 0.15) is 5.75 Å². The van der Waals surface area contributed by atoms with Crippen molar-refractivity contribution in [3.05, 3.63) is 101 Å². The Morgan fingerprint density at radius 2 is 1.66 bits per heavy atom. The van der Waals surface area contributed by atoms with Crippen LogP contribution in [0.3, 0.4) is 0 Å². The van der Waals surface area contributed by atoms with E-state index in [-0.39, 0.29) is 18.6 Å². The van der Waals surface area contributed by atoms with Crippen molar-refractivity contribution in [1.29, 1.82) is 0 Å². The molecule has 4 rings (SSSR count). The second-order valence-corrected chi connectivity index (χ2v) is 7.69. The first-order valence-corrected chi connectivity index (χ1v) is 10.3. The highest BCUT2D eigenvalue weighted by molar-refractivity contribution is 5.78. The van der Waals surface area contributed by atoms with Crippen LogP contribution in [0.15, 0.2) is 72.8 Å². The van der Waals surface area contributed by atoms with Gasteiger partial charge < -0.3 is 10.1 Å². The molecule has 3 nitrogen and oxygen atoms in total. The largest absolute Gasteiger partial charge is 0.484 e. The van der Waals surface area contributed by atoms with E-state index in [2.05, 4.69) is 36.5 Å². The summed E-state index contributed by atoms with van der Waals surface area (Å²) in [7, 11) is 0. The van der Waals surface area contributed by atoms with Crippen molar-refractivity contribution in [2.45, 2.75) is 38.6 Å². The molecule has 1 amide bonds. The number of carbonyl (C=O) groups excluding carboxylic acids is 1. The zero-order valence-electron chi connectivity index (χ0n) is 16.9. The van der Waals surface area contributed by atoms with E-state index in [1.807, 2.05) is 48.5 Å². The van der Waals surface area contributed by atoms with Crippen molar-refractivity contribution in [3.8, 4) is 5.75 Å². The first-order valence-electron chi connectivity index (χ1n) is 10.3. The van der Waals surface area contributed by atoms with Crippen LogP contribution >= 0.6 is 0 Å². The third kappa shape index (κ3) is 4.68. The monoisotopic (exact) mass is 385 g/mol. The van der Waals surface area contributed by atoms with Crippen molar-refractivity contribution in [3.63, 3.8) is 0 Å². The molecular formula is C26H27NO2. The Bertz CT molecular complexity index is 981. The minimum atomic E-state index is -0.197. The number of aryl methyl sites for hydroxylation is 3. The van der Waals surface area contributed by atoms with E-state index in [0.29, 0.717) is 0 Å². The maximum absolute atomic E-state index is 12.7. The summed E-state index contributed by atoms with van der Waals surface area (Å²) in [5, 5.41) is 3.16. The molecule has 0 bridgehead atoms. The summed E-state index contributed by atoms with van der Waals surface area (Å²) in [5.41, 5.74) is 6.08. The van der Waals surface area contributed by atoms with Crippen LogP contribution in [-0.2, 0) is 17.6 Å².